The fourth-order valence-corrected chi connectivity index (χ4v) is 1.08. The Kier molecular flexibility index (Phi) is 4.78. The monoisotopic (exact) mass is 180 g/mol. The number of carboxylic acid groups (broad SMARTS) is 1. The number of halogens is 2. The molecule has 0 saturated carbocycles. The van der Waals surface area contributed by atoms with Gasteiger partial charge in [0.2, 0.25) is 0 Å². The third-order valence-corrected chi connectivity index (χ3v) is 1.57. The smallest absolute Gasteiger partial charge is 0.306 e. The lowest BCUT2D eigenvalue weighted by atomic mass is 9.97. The zero-order valence-corrected chi connectivity index (χ0v) is 7.26. The van der Waals surface area contributed by atoms with Crippen LogP contribution in [0.2, 0.25) is 0 Å². The number of hydrogen-bond acceptors (Lipinski definition) is 1. The maximum atomic E-state index is 12.4. The molecule has 0 aromatic rings. The summed E-state index contributed by atoms with van der Waals surface area (Å²) in [6.07, 6.45) is -2.60. The van der Waals surface area contributed by atoms with Crippen molar-refractivity contribution in [2.24, 2.45) is 5.92 Å². The molecule has 0 radical (unpaired) electrons. The molecule has 2 unspecified atom stereocenters. The van der Waals surface area contributed by atoms with E-state index in [1.54, 1.807) is 0 Å². The van der Waals surface area contributed by atoms with Crippen LogP contribution in [-0.2, 0) is 4.79 Å². The van der Waals surface area contributed by atoms with Crippen LogP contribution in [0.3, 0.4) is 0 Å². The molecule has 0 aliphatic heterocycles. The zero-order chi connectivity index (χ0) is 9.72. The third kappa shape index (κ3) is 5.04. The van der Waals surface area contributed by atoms with Crippen LogP contribution in [0, 0.1) is 5.92 Å². The average Bonchev–Trinajstić information content (AvgIpc) is 1.83. The second-order valence-electron chi connectivity index (χ2n) is 3.07. The van der Waals surface area contributed by atoms with Gasteiger partial charge >= 0.3 is 5.97 Å². The highest BCUT2D eigenvalue weighted by Gasteiger charge is 2.22. The molecule has 12 heavy (non-hydrogen) atoms. The second kappa shape index (κ2) is 5.06. The van der Waals surface area contributed by atoms with Crippen LogP contribution in [-0.4, -0.2) is 23.4 Å². The number of aliphatic carboxylic acids is 1. The molecular weight excluding hydrogens is 166 g/mol. The maximum absolute atomic E-state index is 12.4. The van der Waals surface area contributed by atoms with Crippen molar-refractivity contribution in [3.8, 4) is 0 Å². The van der Waals surface area contributed by atoms with Crippen molar-refractivity contribution in [1.82, 2.24) is 0 Å². The van der Waals surface area contributed by atoms with E-state index in [4.69, 9.17) is 5.11 Å². The van der Waals surface area contributed by atoms with Crippen molar-refractivity contribution in [2.75, 3.05) is 0 Å². The Hall–Kier alpha value is -0.670. The molecule has 2 atom stereocenters. The predicted molar refractivity (Wildman–Crippen MR) is 41.5 cm³/mol. The van der Waals surface area contributed by atoms with Crippen LogP contribution in [0.1, 0.15) is 26.7 Å². The molecule has 0 bridgehead atoms. The van der Waals surface area contributed by atoms with E-state index in [1.807, 2.05) is 0 Å². The zero-order valence-electron chi connectivity index (χ0n) is 7.26. The minimum atomic E-state index is -1.19. The molecule has 72 valence electrons. The van der Waals surface area contributed by atoms with Crippen LogP contribution in [0.5, 0.6) is 0 Å². The molecule has 0 aromatic carbocycles. The summed E-state index contributed by atoms with van der Waals surface area (Å²) in [5.74, 6) is -2.02. The lowest BCUT2D eigenvalue weighted by Crippen LogP contribution is -2.20. The van der Waals surface area contributed by atoms with Gasteiger partial charge in [-0.3, -0.25) is 4.79 Å². The Morgan fingerprint density at radius 3 is 1.75 bits per heavy atom. The summed E-state index contributed by atoms with van der Waals surface area (Å²) < 4.78 is 24.8. The molecule has 0 rings (SSSR count). The first-order chi connectivity index (χ1) is 5.43. The van der Waals surface area contributed by atoms with Crippen LogP contribution in [0.25, 0.3) is 0 Å². The summed E-state index contributed by atoms with van der Waals surface area (Å²) in [5.41, 5.74) is 0. The van der Waals surface area contributed by atoms with E-state index in [0.717, 1.165) is 0 Å². The molecule has 0 aromatic heterocycles. The van der Waals surface area contributed by atoms with Crippen LogP contribution >= 0.6 is 0 Å². The van der Waals surface area contributed by atoms with Gasteiger partial charge in [0.05, 0.1) is 18.3 Å². The normalized spacial score (nSPS) is 18.3. The van der Waals surface area contributed by atoms with Gasteiger partial charge in [-0.15, -0.1) is 0 Å². The second-order valence-corrected chi connectivity index (χ2v) is 3.07. The number of alkyl halides is 2. The highest BCUT2D eigenvalue weighted by atomic mass is 19.1. The summed E-state index contributed by atoms with van der Waals surface area (Å²) in [7, 11) is 0. The van der Waals surface area contributed by atoms with Crippen LogP contribution in [0.4, 0.5) is 8.78 Å². The molecular formula is C8H14F2O2. The summed E-state index contributed by atoms with van der Waals surface area (Å²) >= 11 is 0. The topological polar surface area (TPSA) is 37.3 Å². The van der Waals surface area contributed by atoms with Gasteiger partial charge < -0.3 is 5.11 Å². The standard InChI is InChI=1S/C8H14F2O2/c1-5(9)3-7(8(11)12)4-6(2)10/h5-7H,3-4H2,1-2H3,(H,11,12). The van der Waals surface area contributed by atoms with E-state index in [9.17, 15) is 13.6 Å². The lowest BCUT2D eigenvalue weighted by molar-refractivity contribution is -0.143. The van der Waals surface area contributed by atoms with Crippen LogP contribution < -0.4 is 0 Å². The lowest BCUT2D eigenvalue weighted by Gasteiger charge is -2.12. The summed E-state index contributed by atoms with van der Waals surface area (Å²) in [4.78, 5) is 10.4. The van der Waals surface area contributed by atoms with Crippen molar-refractivity contribution in [3.63, 3.8) is 0 Å². The van der Waals surface area contributed by atoms with E-state index < -0.39 is 24.2 Å². The molecule has 0 aliphatic rings. The van der Waals surface area contributed by atoms with E-state index in [2.05, 4.69) is 0 Å². The van der Waals surface area contributed by atoms with E-state index in [1.165, 1.54) is 13.8 Å². The fourth-order valence-electron chi connectivity index (χ4n) is 1.08. The van der Waals surface area contributed by atoms with Crippen molar-refractivity contribution >= 4 is 5.97 Å². The average molecular weight is 180 g/mol. The van der Waals surface area contributed by atoms with Gasteiger partial charge in [-0.1, -0.05) is 0 Å². The molecule has 0 fully saturated rings. The molecule has 4 heteroatoms. The van der Waals surface area contributed by atoms with Crippen molar-refractivity contribution < 1.29 is 18.7 Å². The molecule has 0 heterocycles. The Morgan fingerprint density at radius 2 is 1.58 bits per heavy atom. The summed E-state index contributed by atoms with van der Waals surface area (Å²) in [5, 5.41) is 8.54. The van der Waals surface area contributed by atoms with Gasteiger partial charge in [-0.25, -0.2) is 8.78 Å². The van der Waals surface area contributed by atoms with E-state index >= 15 is 0 Å². The van der Waals surface area contributed by atoms with Gasteiger partial charge in [-0.2, -0.15) is 0 Å². The van der Waals surface area contributed by atoms with E-state index in [-0.39, 0.29) is 12.8 Å². The first-order valence-corrected chi connectivity index (χ1v) is 3.94. The number of carbonyl (C=O) groups is 1. The SMILES string of the molecule is CC(F)CC(CC(C)F)C(=O)O. The van der Waals surface area contributed by atoms with Crippen molar-refractivity contribution in [3.05, 3.63) is 0 Å². The van der Waals surface area contributed by atoms with E-state index in [0.29, 0.717) is 0 Å². The van der Waals surface area contributed by atoms with Gasteiger partial charge in [0.15, 0.2) is 0 Å². The summed E-state index contributed by atoms with van der Waals surface area (Å²) in [6, 6.07) is 0. The highest BCUT2D eigenvalue weighted by molar-refractivity contribution is 5.70. The Morgan fingerprint density at radius 1 is 1.25 bits per heavy atom. The number of hydrogen-bond donors (Lipinski definition) is 1. The third-order valence-electron chi connectivity index (χ3n) is 1.57. The molecule has 0 aliphatic carbocycles. The Balaban J connectivity index is 3.96. The minimum Gasteiger partial charge on any atom is -0.481 e. The summed E-state index contributed by atoms with van der Waals surface area (Å²) in [6.45, 7) is 2.55. The maximum Gasteiger partial charge on any atom is 0.306 e. The van der Waals surface area contributed by atoms with Gasteiger partial charge in [0.25, 0.3) is 0 Å². The fraction of sp³-hybridized carbons (Fsp3) is 0.875. The van der Waals surface area contributed by atoms with Gasteiger partial charge in [0.1, 0.15) is 0 Å². The quantitative estimate of drug-likeness (QED) is 0.704. The molecule has 1 N–H and O–H groups in total. The Labute approximate surface area is 70.6 Å². The Bertz CT molecular complexity index is 136. The van der Waals surface area contributed by atoms with Gasteiger partial charge in [0, 0.05) is 0 Å². The largest absolute Gasteiger partial charge is 0.481 e. The molecule has 0 spiro atoms. The number of rotatable bonds is 5. The highest BCUT2D eigenvalue weighted by Crippen LogP contribution is 2.17. The number of carboxylic acids is 1. The predicted octanol–water partition coefficient (Wildman–Crippen LogP) is 2.18. The van der Waals surface area contributed by atoms with Crippen molar-refractivity contribution in [1.29, 1.82) is 0 Å². The molecule has 2 nitrogen and oxygen atoms in total. The van der Waals surface area contributed by atoms with Gasteiger partial charge in [-0.05, 0) is 26.7 Å². The first-order valence-electron chi connectivity index (χ1n) is 3.94. The molecule has 0 saturated heterocycles. The minimum absolute atomic E-state index is 0.108. The van der Waals surface area contributed by atoms with Crippen LogP contribution in [0.15, 0.2) is 0 Å². The first kappa shape index (κ1) is 11.3. The molecule has 0 amide bonds. The van der Waals surface area contributed by atoms with Crippen molar-refractivity contribution in [2.45, 2.75) is 39.0 Å².